The SMILES string of the molecule is Cc1nn(C(C)C)c(N2CCN(C3CCCC3)CC2)c1N. The largest absolute Gasteiger partial charge is 0.394 e. The lowest BCUT2D eigenvalue weighted by Gasteiger charge is -2.39. The average Bonchev–Trinajstić information content (AvgIpc) is 3.09. The zero-order valence-electron chi connectivity index (χ0n) is 13.7. The predicted octanol–water partition coefficient (Wildman–Crippen LogP) is 2.42. The quantitative estimate of drug-likeness (QED) is 0.929. The van der Waals surface area contributed by atoms with Gasteiger partial charge in [0, 0.05) is 38.3 Å². The summed E-state index contributed by atoms with van der Waals surface area (Å²) < 4.78 is 2.09. The minimum atomic E-state index is 0.351. The molecule has 2 fully saturated rings. The van der Waals surface area contributed by atoms with Crippen molar-refractivity contribution >= 4 is 11.5 Å². The smallest absolute Gasteiger partial charge is 0.151 e. The molecule has 0 bridgehead atoms. The van der Waals surface area contributed by atoms with Gasteiger partial charge in [-0.3, -0.25) is 4.90 Å². The van der Waals surface area contributed by atoms with E-state index in [0.29, 0.717) is 6.04 Å². The highest BCUT2D eigenvalue weighted by Crippen LogP contribution is 2.31. The summed E-state index contributed by atoms with van der Waals surface area (Å²) in [4.78, 5) is 5.11. The molecule has 1 aromatic rings. The van der Waals surface area contributed by atoms with Crippen LogP contribution in [0.15, 0.2) is 0 Å². The van der Waals surface area contributed by atoms with E-state index in [-0.39, 0.29) is 0 Å². The van der Waals surface area contributed by atoms with Gasteiger partial charge in [-0.05, 0) is 33.6 Å². The van der Waals surface area contributed by atoms with Crippen LogP contribution >= 0.6 is 0 Å². The molecule has 21 heavy (non-hydrogen) atoms. The van der Waals surface area contributed by atoms with Crippen LogP contribution in [0.5, 0.6) is 0 Å². The maximum Gasteiger partial charge on any atom is 0.151 e. The lowest BCUT2D eigenvalue weighted by atomic mass is 10.2. The monoisotopic (exact) mass is 291 g/mol. The number of nitrogens with two attached hydrogens (primary N) is 1. The first-order valence-corrected chi connectivity index (χ1v) is 8.41. The van der Waals surface area contributed by atoms with E-state index in [2.05, 4.69) is 33.4 Å². The van der Waals surface area contributed by atoms with Crippen molar-refractivity contribution in [2.75, 3.05) is 36.8 Å². The van der Waals surface area contributed by atoms with Crippen LogP contribution in [-0.2, 0) is 0 Å². The zero-order chi connectivity index (χ0) is 15.0. The zero-order valence-corrected chi connectivity index (χ0v) is 13.7. The standard InChI is InChI=1S/C16H29N5/c1-12(2)21-16(15(17)13(3)18-21)20-10-8-19(9-11-20)14-6-4-5-7-14/h12,14H,4-11,17H2,1-3H3. The van der Waals surface area contributed by atoms with E-state index < -0.39 is 0 Å². The van der Waals surface area contributed by atoms with Crippen LogP contribution in [0.4, 0.5) is 11.5 Å². The van der Waals surface area contributed by atoms with Crippen LogP contribution in [0.3, 0.4) is 0 Å². The molecule has 1 aliphatic heterocycles. The van der Waals surface area contributed by atoms with Crippen molar-refractivity contribution in [3.8, 4) is 0 Å². The maximum absolute atomic E-state index is 6.29. The molecule has 118 valence electrons. The number of hydrogen-bond donors (Lipinski definition) is 1. The van der Waals surface area contributed by atoms with Gasteiger partial charge in [-0.1, -0.05) is 12.8 Å². The molecule has 2 heterocycles. The molecule has 5 heteroatoms. The summed E-state index contributed by atoms with van der Waals surface area (Å²) in [5, 5.41) is 4.62. The first-order valence-electron chi connectivity index (χ1n) is 8.41. The summed E-state index contributed by atoms with van der Waals surface area (Å²) in [6.07, 6.45) is 5.62. The van der Waals surface area contributed by atoms with Gasteiger partial charge in [0.1, 0.15) is 0 Å². The Hall–Kier alpha value is -1.23. The van der Waals surface area contributed by atoms with Crippen molar-refractivity contribution in [1.82, 2.24) is 14.7 Å². The summed E-state index contributed by atoms with van der Waals surface area (Å²) in [5.74, 6) is 1.13. The number of rotatable bonds is 3. The number of nitrogen functional groups attached to an aromatic ring is 1. The van der Waals surface area contributed by atoms with E-state index in [9.17, 15) is 0 Å². The van der Waals surface area contributed by atoms with Gasteiger partial charge in [-0.15, -0.1) is 0 Å². The van der Waals surface area contributed by atoms with Crippen LogP contribution in [0.25, 0.3) is 0 Å². The number of nitrogens with zero attached hydrogens (tertiary/aromatic N) is 4. The second kappa shape index (κ2) is 5.87. The summed E-state index contributed by atoms with van der Waals surface area (Å²) >= 11 is 0. The highest BCUT2D eigenvalue weighted by molar-refractivity contribution is 5.66. The van der Waals surface area contributed by atoms with Crippen molar-refractivity contribution in [3.05, 3.63) is 5.69 Å². The van der Waals surface area contributed by atoms with Gasteiger partial charge in [0.2, 0.25) is 0 Å². The third-order valence-electron chi connectivity index (χ3n) is 5.05. The molecule has 3 rings (SSSR count). The molecule has 1 aliphatic carbocycles. The third kappa shape index (κ3) is 2.76. The maximum atomic E-state index is 6.29. The van der Waals surface area contributed by atoms with Gasteiger partial charge in [0.15, 0.2) is 5.82 Å². The molecule has 1 saturated heterocycles. The molecule has 2 N–H and O–H groups in total. The highest BCUT2D eigenvalue weighted by atomic mass is 15.4. The van der Waals surface area contributed by atoms with Crippen LogP contribution < -0.4 is 10.6 Å². The Morgan fingerprint density at radius 2 is 1.71 bits per heavy atom. The molecule has 0 amide bonds. The first-order chi connectivity index (χ1) is 10.1. The highest BCUT2D eigenvalue weighted by Gasteiger charge is 2.29. The first kappa shape index (κ1) is 14.7. The summed E-state index contributed by atoms with van der Waals surface area (Å²) in [7, 11) is 0. The average molecular weight is 291 g/mol. The van der Waals surface area contributed by atoms with Gasteiger partial charge in [0.25, 0.3) is 0 Å². The fourth-order valence-corrected chi connectivity index (χ4v) is 3.79. The van der Waals surface area contributed by atoms with Gasteiger partial charge in [-0.25, -0.2) is 4.68 Å². The van der Waals surface area contributed by atoms with Crippen molar-refractivity contribution in [1.29, 1.82) is 0 Å². The van der Waals surface area contributed by atoms with Crippen molar-refractivity contribution in [2.45, 2.75) is 58.5 Å². The predicted molar refractivity (Wildman–Crippen MR) is 87.8 cm³/mol. The van der Waals surface area contributed by atoms with E-state index in [1.54, 1.807) is 0 Å². The van der Waals surface area contributed by atoms with Crippen molar-refractivity contribution in [3.63, 3.8) is 0 Å². The van der Waals surface area contributed by atoms with Crippen LogP contribution in [0.2, 0.25) is 0 Å². The number of aryl methyl sites for hydroxylation is 1. The molecule has 0 atom stereocenters. The van der Waals surface area contributed by atoms with E-state index in [4.69, 9.17) is 5.73 Å². The fourth-order valence-electron chi connectivity index (χ4n) is 3.79. The minimum absolute atomic E-state index is 0.351. The fraction of sp³-hybridized carbons (Fsp3) is 0.812. The van der Waals surface area contributed by atoms with Gasteiger partial charge >= 0.3 is 0 Å². The number of aromatic nitrogens is 2. The molecule has 2 aliphatic rings. The topological polar surface area (TPSA) is 50.3 Å². The van der Waals surface area contributed by atoms with Crippen molar-refractivity contribution < 1.29 is 0 Å². The van der Waals surface area contributed by atoms with Crippen LogP contribution in [-0.4, -0.2) is 46.9 Å². The Bertz CT molecular complexity index is 479. The van der Waals surface area contributed by atoms with Gasteiger partial charge < -0.3 is 10.6 Å². The van der Waals surface area contributed by atoms with E-state index in [1.807, 2.05) is 6.92 Å². The number of anilines is 2. The number of piperazine rings is 1. The Balaban J connectivity index is 1.72. The van der Waals surface area contributed by atoms with Gasteiger partial charge in [-0.2, -0.15) is 5.10 Å². The Kier molecular flexibility index (Phi) is 4.11. The minimum Gasteiger partial charge on any atom is -0.394 e. The molecule has 1 aromatic heterocycles. The molecule has 0 radical (unpaired) electrons. The molecular formula is C16H29N5. The van der Waals surface area contributed by atoms with Crippen LogP contribution in [0.1, 0.15) is 51.3 Å². The Labute approximate surface area is 128 Å². The lowest BCUT2D eigenvalue weighted by molar-refractivity contribution is 0.186. The van der Waals surface area contributed by atoms with E-state index >= 15 is 0 Å². The van der Waals surface area contributed by atoms with E-state index in [0.717, 1.165) is 49.4 Å². The normalized spacial score (nSPS) is 21.6. The second-order valence-corrected chi connectivity index (χ2v) is 6.82. The van der Waals surface area contributed by atoms with E-state index in [1.165, 1.54) is 25.7 Å². The summed E-state index contributed by atoms with van der Waals surface area (Å²) in [6, 6.07) is 1.19. The second-order valence-electron chi connectivity index (χ2n) is 6.82. The third-order valence-corrected chi connectivity index (χ3v) is 5.05. The molecule has 0 aromatic carbocycles. The Morgan fingerprint density at radius 1 is 1.10 bits per heavy atom. The van der Waals surface area contributed by atoms with Crippen LogP contribution in [0, 0.1) is 6.92 Å². The molecule has 1 saturated carbocycles. The van der Waals surface area contributed by atoms with Gasteiger partial charge in [0.05, 0.1) is 11.4 Å². The molecule has 0 spiro atoms. The molecular weight excluding hydrogens is 262 g/mol. The molecule has 5 nitrogen and oxygen atoms in total. The number of hydrogen-bond acceptors (Lipinski definition) is 4. The molecule has 0 unspecified atom stereocenters. The summed E-state index contributed by atoms with van der Waals surface area (Å²) in [5.41, 5.74) is 8.10. The Morgan fingerprint density at radius 3 is 2.29 bits per heavy atom. The van der Waals surface area contributed by atoms with Crippen molar-refractivity contribution in [2.24, 2.45) is 0 Å². The lowest BCUT2D eigenvalue weighted by Crippen LogP contribution is -2.50. The summed E-state index contributed by atoms with van der Waals surface area (Å²) in [6.45, 7) is 10.8.